The molecule has 0 radical (unpaired) electrons. The number of para-hydroxylation sites is 1. The quantitative estimate of drug-likeness (QED) is 0.826. The Hall–Kier alpha value is -1.85. The molecule has 1 atom stereocenters. The number of carbonyl (C=O) groups is 1. The van der Waals surface area contributed by atoms with Crippen LogP contribution in [-0.4, -0.2) is 41.5 Å². The van der Waals surface area contributed by atoms with Crippen LogP contribution in [0, 0.1) is 5.41 Å². The van der Waals surface area contributed by atoms with Crippen LogP contribution in [0.15, 0.2) is 24.3 Å². The number of hydrogen-bond donors (Lipinski definition) is 2. The number of nitrogens with zero attached hydrogens (tertiary/aromatic N) is 1. The zero-order valence-electron chi connectivity index (χ0n) is 16.0. The number of nitrogens with one attached hydrogen (secondary N) is 1. The first kappa shape index (κ1) is 17.6. The summed E-state index contributed by atoms with van der Waals surface area (Å²) in [6.45, 7) is 8.17. The molecule has 0 unspecified atom stereocenters. The van der Waals surface area contributed by atoms with Crippen molar-refractivity contribution in [1.29, 1.82) is 0 Å². The summed E-state index contributed by atoms with van der Waals surface area (Å²) in [4.78, 5) is 18.3. The van der Waals surface area contributed by atoms with Crippen LogP contribution < -0.4 is 5.73 Å². The number of rotatable bonds is 1. The van der Waals surface area contributed by atoms with Gasteiger partial charge in [0.15, 0.2) is 0 Å². The third-order valence-corrected chi connectivity index (χ3v) is 6.08. The lowest BCUT2D eigenvalue weighted by atomic mass is 9.82. The van der Waals surface area contributed by atoms with Gasteiger partial charge in [0, 0.05) is 24.0 Å². The average molecular weight is 355 g/mol. The molecule has 5 nitrogen and oxygen atoms in total. The predicted molar refractivity (Wildman–Crippen MR) is 103 cm³/mol. The topological polar surface area (TPSA) is 71.3 Å². The number of benzene rings is 1. The predicted octanol–water partition coefficient (Wildman–Crippen LogP) is 2.93. The second-order valence-corrected chi connectivity index (χ2v) is 8.79. The summed E-state index contributed by atoms with van der Waals surface area (Å²) in [5.41, 5.74) is 9.46. The van der Waals surface area contributed by atoms with E-state index in [2.05, 4.69) is 29.2 Å². The molecule has 26 heavy (non-hydrogen) atoms. The van der Waals surface area contributed by atoms with Gasteiger partial charge in [0.25, 0.3) is 0 Å². The van der Waals surface area contributed by atoms with Gasteiger partial charge in [0.2, 0.25) is 5.91 Å². The van der Waals surface area contributed by atoms with Gasteiger partial charge in [-0.2, -0.15) is 0 Å². The Morgan fingerprint density at radius 3 is 2.65 bits per heavy atom. The molecule has 1 spiro atoms. The first-order chi connectivity index (χ1) is 12.3. The first-order valence-electron chi connectivity index (χ1n) is 9.60. The van der Waals surface area contributed by atoms with Crippen molar-refractivity contribution < 1.29 is 9.53 Å². The van der Waals surface area contributed by atoms with Crippen molar-refractivity contribution in [2.75, 3.05) is 19.7 Å². The summed E-state index contributed by atoms with van der Waals surface area (Å²) in [6.07, 6.45) is 2.57. The highest BCUT2D eigenvalue weighted by atomic mass is 16.5. The highest BCUT2D eigenvalue weighted by Gasteiger charge is 2.44. The Morgan fingerprint density at radius 1 is 1.27 bits per heavy atom. The smallest absolute Gasteiger partial charge is 0.240 e. The van der Waals surface area contributed by atoms with Crippen LogP contribution in [0.1, 0.15) is 44.9 Å². The molecule has 2 aliphatic rings. The van der Waals surface area contributed by atoms with E-state index >= 15 is 0 Å². The molecule has 2 aromatic rings. The maximum absolute atomic E-state index is 12.8. The van der Waals surface area contributed by atoms with Crippen molar-refractivity contribution in [3.8, 4) is 0 Å². The number of aromatic nitrogens is 1. The molecule has 5 heteroatoms. The molecule has 0 aliphatic carbocycles. The van der Waals surface area contributed by atoms with Crippen molar-refractivity contribution >= 4 is 16.8 Å². The van der Waals surface area contributed by atoms with E-state index in [1.54, 1.807) is 0 Å². The minimum Gasteiger partial charge on any atom is -0.368 e. The number of carbonyl (C=O) groups excluding carboxylic acids is 1. The standard InChI is InChI=1S/C21H29N3O2/c1-20(2,3)17(22)19(25)24-11-9-21(10-12-24)18-15(8-13-26-21)14-6-4-5-7-16(14)23-18/h4-7,17,23H,8-13,22H2,1-3H3/t17-/m1/s1. The largest absolute Gasteiger partial charge is 0.368 e. The normalized spacial score (nSPS) is 21.0. The molecule has 1 aromatic carbocycles. The minimum absolute atomic E-state index is 0.0556. The molecule has 3 N–H and O–H groups in total. The summed E-state index contributed by atoms with van der Waals surface area (Å²) in [7, 11) is 0. The molecule has 0 bridgehead atoms. The van der Waals surface area contributed by atoms with Gasteiger partial charge in [0.05, 0.1) is 18.3 Å². The highest BCUT2D eigenvalue weighted by Crippen LogP contribution is 2.43. The second kappa shape index (κ2) is 6.10. The Morgan fingerprint density at radius 2 is 1.96 bits per heavy atom. The van der Waals surface area contributed by atoms with Gasteiger partial charge in [-0.1, -0.05) is 39.0 Å². The second-order valence-electron chi connectivity index (χ2n) is 8.79. The Balaban J connectivity index is 1.58. The van der Waals surface area contributed by atoms with Gasteiger partial charge in [-0.05, 0) is 36.3 Å². The summed E-state index contributed by atoms with van der Waals surface area (Å²) < 4.78 is 6.32. The molecule has 2 aliphatic heterocycles. The lowest BCUT2D eigenvalue weighted by Crippen LogP contribution is -2.55. The van der Waals surface area contributed by atoms with Crippen LogP contribution in [0.3, 0.4) is 0 Å². The van der Waals surface area contributed by atoms with Crippen molar-refractivity contribution in [3.05, 3.63) is 35.5 Å². The third-order valence-electron chi connectivity index (χ3n) is 6.08. The van der Waals surface area contributed by atoms with Crippen LogP contribution >= 0.6 is 0 Å². The molecule has 1 amide bonds. The number of hydrogen-bond acceptors (Lipinski definition) is 3. The number of fused-ring (bicyclic) bond motifs is 4. The van der Waals surface area contributed by atoms with Crippen LogP contribution in [0.4, 0.5) is 0 Å². The van der Waals surface area contributed by atoms with Crippen LogP contribution in [0.2, 0.25) is 0 Å². The van der Waals surface area contributed by atoms with Crippen LogP contribution in [0.25, 0.3) is 10.9 Å². The number of amides is 1. The van der Waals surface area contributed by atoms with Gasteiger partial charge < -0.3 is 20.4 Å². The monoisotopic (exact) mass is 355 g/mol. The fourth-order valence-corrected chi connectivity index (χ4v) is 4.32. The fraction of sp³-hybridized carbons (Fsp3) is 0.571. The van der Waals surface area contributed by atoms with Crippen molar-refractivity contribution in [2.24, 2.45) is 11.1 Å². The van der Waals surface area contributed by atoms with E-state index in [4.69, 9.17) is 10.5 Å². The molecule has 4 rings (SSSR count). The number of H-pyrrole nitrogens is 1. The van der Waals surface area contributed by atoms with E-state index < -0.39 is 6.04 Å². The molecule has 1 saturated heterocycles. The summed E-state index contributed by atoms with van der Waals surface area (Å²) in [5, 5.41) is 1.30. The molecule has 1 aromatic heterocycles. The molecular formula is C21H29N3O2. The zero-order chi connectivity index (χ0) is 18.5. The van der Waals surface area contributed by atoms with Crippen molar-refractivity contribution in [3.63, 3.8) is 0 Å². The van der Waals surface area contributed by atoms with Crippen molar-refractivity contribution in [1.82, 2.24) is 9.88 Å². The number of piperidine rings is 1. The first-order valence-corrected chi connectivity index (χ1v) is 9.60. The number of nitrogens with two attached hydrogens (primary N) is 1. The van der Waals surface area contributed by atoms with Gasteiger partial charge in [-0.25, -0.2) is 0 Å². The summed E-state index contributed by atoms with van der Waals surface area (Å²) in [6, 6.07) is 8.00. The van der Waals surface area contributed by atoms with E-state index in [0.29, 0.717) is 13.1 Å². The third kappa shape index (κ3) is 2.74. The molecule has 140 valence electrons. The van der Waals surface area contributed by atoms with Crippen molar-refractivity contribution in [2.45, 2.75) is 51.7 Å². The lowest BCUT2D eigenvalue weighted by Gasteiger charge is -2.44. The average Bonchev–Trinajstić information content (AvgIpc) is 3.01. The van der Waals surface area contributed by atoms with Gasteiger partial charge in [0.1, 0.15) is 5.60 Å². The number of ether oxygens (including phenoxy) is 1. The zero-order valence-corrected chi connectivity index (χ0v) is 16.0. The highest BCUT2D eigenvalue weighted by molar-refractivity contribution is 5.85. The molecule has 1 fully saturated rings. The maximum Gasteiger partial charge on any atom is 0.240 e. The SMILES string of the molecule is CC(C)(C)[C@H](N)C(=O)N1CCC2(CC1)OCCc1c2[nH]c2ccccc12. The Kier molecular flexibility index (Phi) is 4.12. The summed E-state index contributed by atoms with van der Waals surface area (Å²) >= 11 is 0. The maximum atomic E-state index is 12.8. The molecular weight excluding hydrogens is 326 g/mol. The Labute approximate surface area is 154 Å². The van der Waals surface area contributed by atoms with E-state index in [1.165, 1.54) is 22.2 Å². The van der Waals surface area contributed by atoms with Gasteiger partial charge in [-0.3, -0.25) is 4.79 Å². The van der Waals surface area contributed by atoms with Crippen LogP contribution in [0.5, 0.6) is 0 Å². The Bertz CT molecular complexity index is 825. The molecule has 0 saturated carbocycles. The van der Waals surface area contributed by atoms with E-state index in [9.17, 15) is 4.79 Å². The number of aromatic amines is 1. The van der Waals surface area contributed by atoms with Gasteiger partial charge >= 0.3 is 0 Å². The summed E-state index contributed by atoms with van der Waals surface area (Å²) in [5.74, 6) is 0.0556. The lowest BCUT2D eigenvalue weighted by molar-refractivity contribution is -0.144. The van der Waals surface area contributed by atoms with Gasteiger partial charge in [-0.15, -0.1) is 0 Å². The minimum atomic E-state index is -0.465. The van der Waals surface area contributed by atoms with Crippen LogP contribution in [-0.2, 0) is 21.6 Å². The molecule has 3 heterocycles. The van der Waals surface area contributed by atoms with E-state index in [0.717, 1.165) is 25.9 Å². The number of likely N-dealkylation sites (tertiary alicyclic amines) is 1. The van der Waals surface area contributed by atoms with E-state index in [1.807, 2.05) is 25.7 Å². The van der Waals surface area contributed by atoms with E-state index in [-0.39, 0.29) is 16.9 Å². The fourth-order valence-electron chi connectivity index (χ4n) is 4.32.